The highest BCUT2D eigenvalue weighted by Crippen LogP contribution is 2.27. The lowest BCUT2D eigenvalue weighted by Gasteiger charge is -2.26. The van der Waals surface area contributed by atoms with Gasteiger partial charge in [0.05, 0.1) is 12.5 Å². The maximum Gasteiger partial charge on any atom is 0.305 e. The number of nitrogens with two attached hydrogens (primary N) is 2. The molecule has 114 valence electrons. The van der Waals surface area contributed by atoms with E-state index in [0.29, 0.717) is 12.3 Å². The van der Waals surface area contributed by atoms with Crippen LogP contribution in [0, 0.1) is 5.92 Å². The summed E-state index contributed by atoms with van der Waals surface area (Å²) in [6, 6.07) is -1.94. The Hall–Kier alpha value is -1.63. The second-order valence-corrected chi connectivity index (χ2v) is 5.41. The zero-order valence-electron chi connectivity index (χ0n) is 11.5. The molecule has 0 aliphatic heterocycles. The Labute approximate surface area is 118 Å². The molecule has 0 bridgehead atoms. The van der Waals surface area contributed by atoms with Crippen LogP contribution < -0.4 is 16.8 Å². The molecular formula is C13H23N3O4. The number of hydrogen-bond donors (Lipinski definition) is 4. The lowest BCUT2D eigenvalue weighted by atomic mass is 9.84. The van der Waals surface area contributed by atoms with Gasteiger partial charge < -0.3 is 21.9 Å². The largest absolute Gasteiger partial charge is 0.481 e. The third kappa shape index (κ3) is 5.56. The Kier molecular flexibility index (Phi) is 6.44. The van der Waals surface area contributed by atoms with Gasteiger partial charge in [-0.2, -0.15) is 0 Å². The summed E-state index contributed by atoms with van der Waals surface area (Å²) in [5.74, 6) is -2.04. The normalized spacial score (nSPS) is 19.1. The molecule has 7 heteroatoms. The van der Waals surface area contributed by atoms with E-state index in [4.69, 9.17) is 16.6 Å². The molecule has 1 aliphatic rings. The molecule has 0 heterocycles. The van der Waals surface area contributed by atoms with Crippen molar-refractivity contribution in [2.24, 2.45) is 17.4 Å². The topological polar surface area (TPSA) is 136 Å². The van der Waals surface area contributed by atoms with Crippen molar-refractivity contribution in [3.63, 3.8) is 0 Å². The summed E-state index contributed by atoms with van der Waals surface area (Å²) in [7, 11) is 0. The zero-order chi connectivity index (χ0) is 15.1. The molecule has 1 fully saturated rings. The van der Waals surface area contributed by atoms with Gasteiger partial charge in [0.15, 0.2) is 0 Å². The van der Waals surface area contributed by atoms with Gasteiger partial charge >= 0.3 is 5.97 Å². The van der Waals surface area contributed by atoms with Crippen molar-refractivity contribution in [1.82, 2.24) is 5.32 Å². The Bertz CT molecular complexity index is 367. The van der Waals surface area contributed by atoms with Crippen molar-refractivity contribution in [2.75, 3.05) is 0 Å². The standard InChI is InChI=1S/C13H23N3O4/c14-9(7-11(17)18)13(20)16-10(12(15)19)6-8-4-2-1-3-5-8/h8-10H,1-7,14H2,(H2,15,19)(H,16,20)(H,17,18)/t9-,10-/m0/s1. The van der Waals surface area contributed by atoms with Crippen molar-refractivity contribution in [2.45, 2.75) is 57.0 Å². The van der Waals surface area contributed by atoms with E-state index in [1.54, 1.807) is 0 Å². The van der Waals surface area contributed by atoms with Gasteiger partial charge in [-0.1, -0.05) is 32.1 Å². The Morgan fingerprint density at radius 3 is 2.30 bits per heavy atom. The molecule has 7 nitrogen and oxygen atoms in total. The number of rotatable bonds is 7. The fourth-order valence-corrected chi connectivity index (χ4v) is 2.56. The van der Waals surface area contributed by atoms with Crippen molar-refractivity contribution < 1.29 is 19.5 Å². The SMILES string of the molecule is NC(=O)[C@H](CC1CCCCC1)NC(=O)[C@@H](N)CC(=O)O. The summed E-state index contributed by atoms with van der Waals surface area (Å²) in [4.78, 5) is 33.6. The summed E-state index contributed by atoms with van der Waals surface area (Å²) in [6.45, 7) is 0. The fraction of sp³-hybridized carbons (Fsp3) is 0.769. The molecular weight excluding hydrogens is 262 g/mol. The van der Waals surface area contributed by atoms with Crippen LogP contribution in [0.5, 0.6) is 0 Å². The van der Waals surface area contributed by atoms with E-state index in [1.165, 1.54) is 6.42 Å². The zero-order valence-corrected chi connectivity index (χ0v) is 11.5. The first-order chi connectivity index (χ1) is 9.40. The molecule has 1 rings (SSSR count). The molecule has 1 aliphatic carbocycles. The predicted octanol–water partition coefficient (Wildman–Crippen LogP) is -0.271. The molecule has 0 unspecified atom stereocenters. The fourth-order valence-electron chi connectivity index (χ4n) is 2.56. The van der Waals surface area contributed by atoms with Crippen molar-refractivity contribution >= 4 is 17.8 Å². The minimum absolute atomic E-state index is 0.372. The van der Waals surface area contributed by atoms with E-state index in [0.717, 1.165) is 25.7 Å². The van der Waals surface area contributed by atoms with Crippen LogP contribution >= 0.6 is 0 Å². The van der Waals surface area contributed by atoms with Crippen molar-refractivity contribution in [3.8, 4) is 0 Å². The highest BCUT2D eigenvalue weighted by Gasteiger charge is 2.26. The van der Waals surface area contributed by atoms with Crippen molar-refractivity contribution in [1.29, 1.82) is 0 Å². The van der Waals surface area contributed by atoms with Crippen LogP contribution in [-0.4, -0.2) is 35.0 Å². The van der Waals surface area contributed by atoms with Crippen LogP contribution in [0.15, 0.2) is 0 Å². The third-order valence-corrected chi connectivity index (χ3v) is 3.69. The van der Waals surface area contributed by atoms with Gasteiger partial charge in [-0.25, -0.2) is 0 Å². The van der Waals surface area contributed by atoms with Crippen LogP contribution in [0.3, 0.4) is 0 Å². The number of primary amides is 1. The van der Waals surface area contributed by atoms with E-state index >= 15 is 0 Å². The molecule has 6 N–H and O–H groups in total. The summed E-state index contributed by atoms with van der Waals surface area (Å²) in [6.07, 6.45) is 5.54. The van der Waals surface area contributed by atoms with Gasteiger partial charge in [-0.3, -0.25) is 14.4 Å². The minimum atomic E-state index is -1.17. The molecule has 0 radical (unpaired) electrons. The second kappa shape index (κ2) is 7.84. The lowest BCUT2D eigenvalue weighted by Crippen LogP contribution is -2.51. The number of amides is 2. The Balaban J connectivity index is 2.51. The second-order valence-electron chi connectivity index (χ2n) is 5.41. The van der Waals surface area contributed by atoms with Gasteiger partial charge in [0.2, 0.25) is 11.8 Å². The van der Waals surface area contributed by atoms with E-state index in [9.17, 15) is 14.4 Å². The van der Waals surface area contributed by atoms with Gasteiger partial charge in [0.25, 0.3) is 0 Å². The number of carboxylic acids is 1. The number of nitrogens with one attached hydrogen (secondary N) is 1. The predicted molar refractivity (Wildman–Crippen MR) is 72.5 cm³/mol. The van der Waals surface area contributed by atoms with Crippen LogP contribution in [0.4, 0.5) is 0 Å². The van der Waals surface area contributed by atoms with Crippen LogP contribution in [0.2, 0.25) is 0 Å². The van der Waals surface area contributed by atoms with Crippen molar-refractivity contribution in [3.05, 3.63) is 0 Å². The first-order valence-corrected chi connectivity index (χ1v) is 6.97. The van der Waals surface area contributed by atoms with Gasteiger partial charge in [0.1, 0.15) is 6.04 Å². The number of hydrogen-bond acceptors (Lipinski definition) is 4. The molecule has 1 saturated carbocycles. The third-order valence-electron chi connectivity index (χ3n) is 3.69. The van der Waals surface area contributed by atoms with Crippen LogP contribution in [0.1, 0.15) is 44.9 Å². The van der Waals surface area contributed by atoms with E-state index in [-0.39, 0.29) is 0 Å². The number of carbonyl (C=O) groups is 3. The van der Waals surface area contributed by atoms with Gasteiger partial charge in [-0.05, 0) is 12.3 Å². The number of carboxylic acid groups (broad SMARTS) is 1. The molecule has 0 saturated heterocycles. The molecule has 2 atom stereocenters. The van der Waals surface area contributed by atoms with Gasteiger partial charge in [0, 0.05) is 0 Å². The number of carbonyl (C=O) groups excluding carboxylic acids is 2. The van der Waals surface area contributed by atoms with Crippen LogP contribution in [-0.2, 0) is 14.4 Å². The molecule has 0 aromatic rings. The first-order valence-electron chi connectivity index (χ1n) is 6.97. The molecule has 0 aromatic carbocycles. The molecule has 2 amide bonds. The lowest BCUT2D eigenvalue weighted by molar-refractivity contribution is -0.139. The summed E-state index contributed by atoms with van der Waals surface area (Å²) in [5, 5.41) is 11.1. The average molecular weight is 285 g/mol. The maximum atomic E-state index is 11.7. The van der Waals surface area contributed by atoms with E-state index < -0.39 is 36.3 Å². The summed E-state index contributed by atoms with van der Waals surface area (Å²) >= 11 is 0. The number of aliphatic carboxylic acids is 1. The van der Waals surface area contributed by atoms with E-state index in [2.05, 4.69) is 5.32 Å². The van der Waals surface area contributed by atoms with Gasteiger partial charge in [-0.15, -0.1) is 0 Å². The Morgan fingerprint density at radius 2 is 1.80 bits per heavy atom. The smallest absolute Gasteiger partial charge is 0.305 e. The van der Waals surface area contributed by atoms with E-state index in [1.807, 2.05) is 0 Å². The molecule has 20 heavy (non-hydrogen) atoms. The quantitative estimate of drug-likeness (QED) is 0.510. The van der Waals surface area contributed by atoms with Crippen LogP contribution in [0.25, 0.3) is 0 Å². The molecule has 0 spiro atoms. The monoisotopic (exact) mass is 285 g/mol. The minimum Gasteiger partial charge on any atom is -0.481 e. The summed E-state index contributed by atoms with van der Waals surface area (Å²) in [5.41, 5.74) is 10.7. The average Bonchev–Trinajstić information content (AvgIpc) is 2.38. The highest BCUT2D eigenvalue weighted by molar-refractivity contribution is 5.90. The highest BCUT2D eigenvalue weighted by atomic mass is 16.4. The first kappa shape index (κ1) is 16.4. The Morgan fingerprint density at radius 1 is 1.20 bits per heavy atom. The maximum absolute atomic E-state index is 11.7. The molecule has 0 aromatic heterocycles. The summed E-state index contributed by atoms with van der Waals surface area (Å²) < 4.78 is 0.